The Bertz CT molecular complexity index is 653. The van der Waals surface area contributed by atoms with E-state index in [2.05, 4.69) is 6.92 Å². The van der Waals surface area contributed by atoms with Gasteiger partial charge < -0.3 is 10.5 Å². The first-order valence-corrected chi connectivity index (χ1v) is 8.59. The van der Waals surface area contributed by atoms with Crippen molar-refractivity contribution in [3.63, 3.8) is 0 Å². The summed E-state index contributed by atoms with van der Waals surface area (Å²) in [5, 5.41) is 0. The van der Waals surface area contributed by atoms with E-state index in [0.29, 0.717) is 17.2 Å². The van der Waals surface area contributed by atoms with E-state index in [9.17, 15) is 4.79 Å². The largest absolute Gasteiger partial charge is 0.462 e. The van der Waals surface area contributed by atoms with Gasteiger partial charge in [-0.25, -0.2) is 4.79 Å². The van der Waals surface area contributed by atoms with E-state index < -0.39 is 0 Å². The number of hydrogen-bond acceptors (Lipinski definition) is 5. The fourth-order valence-electron chi connectivity index (χ4n) is 1.97. The standard InChI is InChI=1S/C15H18N2O2S2/c1-4-19-14(18)13-11(16)12(15(21-13)20-5-2)17-8-6-7-10(3)9-17/h6-9H,4-5H2,1-3H3,(H-,16,18)/p+1. The molecule has 4 nitrogen and oxygen atoms in total. The van der Waals surface area contributed by atoms with Gasteiger partial charge in [0.1, 0.15) is 14.8 Å². The van der Waals surface area contributed by atoms with Crippen LogP contribution in [0.25, 0.3) is 5.69 Å². The average Bonchev–Trinajstić information content (AvgIpc) is 2.76. The van der Waals surface area contributed by atoms with Crippen molar-refractivity contribution in [2.45, 2.75) is 25.0 Å². The normalized spacial score (nSPS) is 10.6. The zero-order valence-electron chi connectivity index (χ0n) is 12.4. The number of carbonyl (C=O) groups is 1. The van der Waals surface area contributed by atoms with E-state index in [1.165, 1.54) is 11.3 Å². The number of carbonyl (C=O) groups excluding carboxylic acids is 1. The highest BCUT2D eigenvalue weighted by Gasteiger charge is 2.28. The minimum absolute atomic E-state index is 0.347. The molecule has 2 heterocycles. The zero-order chi connectivity index (χ0) is 15.4. The lowest BCUT2D eigenvalue weighted by molar-refractivity contribution is -0.597. The second-order valence-corrected chi connectivity index (χ2v) is 6.98. The molecule has 2 aromatic heterocycles. The van der Waals surface area contributed by atoms with Gasteiger partial charge in [0, 0.05) is 11.6 Å². The number of ether oxygens (including phenoxy) is 1. The quantitative estimate of drug-likeness (QED) is 0.521. The van der Waals surface area contributed by atoms with Gasteiger partial charge in [0.05, 0.1) is 6.61 Å². The predicted octanol–water partition coefficient (Wildman–Crippen LogP) is 3.20. The van der Waals surface area contributed by atoms with Gasteiger partial charge in [-0.3, -0.25) is 0 Å². The monoisotopic (exact) mass is 323 g/mol. The van der Waals surface area contributed by atoms with E-state index >= 15 is 0 Å². The molecule has 112 valence electrons. The smallest absolute Gasteiger partial charge is 0.350 e. The summed E-state index contributed by atoms with van der Waals surface area (Å²) < 4.78 is 8.10. The highest BCUT2D eigenvalue weighted by Crippen LogP contribution is 2.38. The predicted molar refractivity (Wildman–Crippen MR) is 87.4 cm³/mol. The van der Waals surface area contributed by atoms with Crippen LogP contribution in [0, 0.1) is 6.92 Å². The van der Waals surface area contributed by atoms with Crippen molar-refractivity contribution in [1.82, 2.24) is 0 Å². The van der Waals surface area contributed by atoms with Gasteiger partial charge in [0.15, 0.2) is 12.4 Å². The molecule has 2 N–H and O–H groups in total. The number of aryl methyl sites for hydroxylation is 1. The van der Waals surface area contributed by atoms with Crippen molar-refractivity contribution in [2.24, 2.45) is 0 Å². The lowest BCUT2D eigenvalue weighted by Crippen LogP contribution is -2.31. The minimum atomic E-state index is -0.350. The summed E-state index contributed by atoms with van der Waals surface area (Å²) in [4.78, 5) is 12.5. The number of anilines is 1. The van der Waals surface area contributed by atoms with Gasteiger partial charge in [-0.15, -0.1) is 23.1 Å². The first-order chi connectivity index (χ1) is 10.1. The second kappa shape index (κ2) is 6.95. The number of nitrogens with two attached hydrogens (primary N) is 1. The molecule has 0 spiro atoms. The van der Waals surface area contributed by atoms with E-state index in [0.717, 1.165) is 21.2 Å². The van der Waals surface area contributed by atoms with Gasteiger partial charge in [-0.05, 0) is 25.7 Å². The Kier molecular flexibility index (Phi) is 5.25. The van der Waals surface area contributed by atoms with Crippen LogP contribution in [-0.2, 0) is 4.74 Å². The topological polar surface area (TPSA) is 56.2 Å². The number of aromatic nitrogens is 1. The van der Waals surface area contributed by atoms with Crippen LogP contribution < -0.4 is 10.3 Å². The van der Waals surface area contributed by atoms with Crippen LogP contribution in [0.3, 0.4) is 0 Å². The van der Waals surface area contributed by atoms with E-state index in [1.54, 1.807) is 18.7 Å². The Morgan fingerprint density at radius 2 is 2.24 bits per heavy atom. The molecule has 2 aromatic rings. The number of nitrogen functional groups attached to an aromatic ring is 1. The highest BCUT2D eigenvalue weighted by molar-refractivity contribution is 8.01. The van der Waals surface area contributed by atoms with Gasteiger partial charge >= 0.3 is 5.97 Å². The Morgan fingerprint density at radius 1 is 1.48 bits per heavy atom. The molecular formula is C15H19N2O2S2+. The number of rotatable bonds is 5. The summed E-state index contributed by atoms with van der Waals surface area (Å²) in [6, 6.07) is 3.99. The van der Waals surface area contributed by atoms with Crippen LogP contribution in [0.2, 0.25) is 0 Å². The molecule has 0 amide bonds. The molecule has 0 unspecified atom stereocenters. The van der Waals surface area contributed by atoms with Gasteiger partial charge in [0.25, 0.3) is 5.69 Å². The molecule has 0 radical (unpaired) electrons. The van der Waals surface area contributed by atoms with Crippen molar-refractivity contribution >= 4 is 34.8 Å². The summed E-state index contributed by atoms with van der Waals surface area (Å²) in [6.07, 6.45) is 3.95. The lowest BCUT2D eigenvalue weighted by atomic mass is 10.3. The molecule has 0 fully saturated rings. The van der Waals surface area contributed by atoms with Gasteiger partial charge in [0.2, 0.25) is 0 Å². The Labute approximate surface area is 132 Å². The summed E-state index contributed by atoms with van der Waals surface area (Å²) in [5.41, 5.74) is 8.72. The van der Waals surface area contributed by atoms with Crippen molar-refractivity contribution < 1.29 is 14.1 Å². The molecule has 21 heavy (non-hydrogen) atoms. The first kappa shape index (κ1) is 15.9. The third kappa shape index (κ3) is 3.39. The number of hydrogen-bond donors (Lipinski definition) is 1. The SMILES string of the molecule is CCOC(=O)c1sc(SCC)c(-[n+]2cccc(C)c2)c1N. The maximum atomic E-state index is 12.0. The Morgan fingerprint density at radius 3 is 2.86 bits per heavy atom. The van der Waals surface area contributed by atoms with Gasteiger partial charge in [-0.1, -0.05) is 6.92 Å². The molecular weight excluding hydrogens is 304 g/mol. The molecule has 0 aliphatic rings. The van der Waals surface area contributed by atoms with E-state index in [1.807, 2.05) is 36.0 Å². The molecule has 0 bridgehead atoms. The number of nitrogens with zero attached hydrogens (tertiary/aromatic N) is 1. The van der Waals surface area contributed by atoms with E-state index in [4.69, 9.17) is 10.5 Å². The average molecular weight is 323 g/mol. The summed E-state index contributed by atoms with van der Waals surface area (Å²) in [7, 11) is 0. The van der Waals surface area contributed by atoms with Crippen molar-refractivity contribution in [3.8, 4) is 5.69 Å². The third-order valence-corrected chi connectivity index (χ3v) is 5.15. The zero-order valence-corrected chi connectivity index (χ0v) is 14.0. The van der Waals surface area contributed by atoms with Crippen LogP contribution in [0.4, 0.5) is 5.69 Å². The molecule has 0 atom stereocenters. The first-order valence-electron chi connectivity index (χ1n) is 6.78. The van der Waals surface area contributed by atoms with Crippen LogP contribution in [0.15, 0.2) is 28.7 Å². The molecule has 0 saturated heterocycles. The second-order valence-electron chi connectivity index (χ2n) is 4.42. The number of pyridine rings is 1. The summed E-state index contributed by atoms with van der Waals surface area (Å²) >= 11 is 3.09. The number of esters is 1. The van der Waals surface area contributed by atoms with Crippen molar-refractivity contribution in [1.29, 1.82) is 0 Å². The van der Waals surface area contributed by atoms with Crippen LogP contribution in [-0.4, -0.2) is 18.3 Å². The van der Waals surface area contributed by atoms with Crippen molar-refractivity contribution in [3.05, 3.63) is 35.0 Å². The Balaban J connectivity index is 2.55. The van der Waals surface area contributed by atoms with Crippen LogP contribution in [0.5, 0.6) is 0 Å². The number of thioether (sulfide) groups is 1. The summed E-state index contributed by atoms with van der Waals surface area (Å²) in [5.74, 6) is 0.569. The minimum Gasteiger partial charge on any atom is -0.462 e. The van der Waals surface area contributed by atoms with Crippen molar-refractivity contribution in [2.75, 3.05) is 18.1 Å². The number of thiophene rings is 1. The van der Waals surface area contributed by atoms with Crippen LogP contribution >= 0.6 is 23.1 Å². The molecule has 0 saturated carbocycles. The molecule has 2 rings (SSSR count). The lowest BCUT2D eigenvalue weighted by Gasteiger charge is -2.00. The maximum Gasteiger partial charge on any atom is 0.350 e. The van der Waals surface area contributed by atoms with E-state index in [-0.39, 0.29) is 5.97 Å². The molecule has 6 heteroatoms. The summed E-state index contributed by atoms with van der Waals surface area (Å²) in [6.45, 7) is 6.24. The fourth-order valence-corrected chi connectivity index (χ4v) is 4.27. The molecule has 0 aliphatic carbocycles. The molecule has 0 aromatic carbocycles. The third-order valence-electron chi connectivity index (χ3n) is 2.83. The fraction of sp³-hybridized carbons (Fsp3) is 0.333. The van der Waals surface area contributed by atoms with Crippen LogP contribution in [0.1, 0.15) is 29.1 Å². The highest BCUT2D eigenvalue weighted by atomic mass is 32.2. The Hall–Kier alpha value is -1.53. The van der Waals surface area contributed by atoms with Gasteiger partial charge in [-0.2, -0.15) is 4.57 Å². The maximum absolute atomic E-state index is 12.0. The molecule has 0 aliphatic heterocycles.